The molecule has 6 nitrogen and oxygen atoms in total. The molecule has 2 aromatic carbocycles. The molecule has 0 saturated heterocycles. The van der Waals surface area contributed by atoms with Gasteiger partial charge in [-0.15, -0.1) is 10.2 Å². The van der Waals surface area contributed by atoms with Gasteiger partial charge < -0.3 is 14.6 Å². The predicted molar refractivity (Wildman–Crippen MR) is 108 cm³/mol. The molecule has 1 aromatic heterocycles. The van der Waals surface area contributed by atoms with Crippen molar-refractivity contribution >= 4 is 23.4 Å². The fraction of sp³-hybridized carbons (Fsp3) is 0.250. The van der Waals surface area contributed by atoms with Gasteiger partial charge in [-0.2, -0.15) is 13.2 Å². The fourth-order valence-corrected chi connectivity index (χ4v) is 3.56. The maximum absolute atomic E-state index is 12.8. The van der Waals surface area contributed by atoms with Crippen LogP contribution in [-0.2, 0) is 17.5 Å². The number of benzene rings is 2. The van der Waals surface area contributed by atoms with Crippen molar-refractivity contribution in [2.24, 2.45) is 0 Å². The van der Waals surface area contributed by atoms with Crippen LogP contribution in [-0.4, -0.2) is 33.5 Å². The van der Waals surface area contributed by atoms with Gasteiger partial charge in [-0.25, -0.2) is 0 Å². The largest absolute Gasteiger partial charge is 0.497 e. The van der Waals surface area contributed by atoms with E-state index in [0.717, 1.165) is 29.5 Å². The van der Waals surface area contributed by atoms with Crippen LogP contribution in [0.3, 0.4) is 0 Å². The molecule has 0 aliphatic rings. The number of halogens is 3. The van der Waals surface area contributed by atoms with E-state index in [1.807, 2.05) is 35.8 Å². The Balaban J connectivity index is 1.69. The second-order valence-corrected chi connectivity index (χ2v) is 7.14. The third-order valence-corrected chi connectivity index (χ3v) is 5.13. The maximum atomic E-state index is 12.8. The first-order chi connectivity index (χ1) is 14.3. The zero-order valence-electron chi connectivity index (χ0n) is 16.2. The summed E-state index contributed by atoms with van der Waals surface area (Å²) in [6.45, 7) is 2.51. The number of carbonyl (C=O) groups excluding carboxylic acids is 1. The van der Waals surface area contributed by atoms with Crippen LogP contribution in [0.1, 0.15) is 12.5 Å². The highest BCUT2D eigenvalue weighted by Crippen LogP contribution is 2.31. The van der Waals surface area contributed by atoms with Gasteiger partial charge >= 0.3 is 6.18 Å². The Labute approximate surface area is 175 Å². The molecule has 0 fully saturated rings. The van der Waals surface area contributed by atoms with E-state index in [4.69, 9.17) is 4.74 Å². The standard InChI is InChI=1S/C20H19F3N4O2S/c1-3-27-18(13-6-4-9-16(10-13)29-2)25-26-19(27)30-12-17(28)24-15-8-5-7-14(11-15)20(21,22)23/h4-11H,3,12H2,1-2H3,(H,24,28). The molecule has 0 aliphatic carbocycles. The number of ether oxygens (including phenoxy) is 1. The third kappa shape index (κ3) is 5.12. The summed E-state index contributed by atoms with van der Waals surface area (Å²) < 4.78 is 45.5. The monoisotopic (exact) mass is 436 g/mol. The van der Waals surface area contributed by atoms with E-state index < -0.39 is 17.6 Å². The number of thioether (sulfide) groups is 1. The number of methoxy groups -OCH3 is 1. The summed E-state index contributed by atoms with van der Waals surface area (Å²) in [6, 6.07) is 11.9. The summed E-state index contributed by atoms with van der Waals surface area (Å²) in [5.74, 6) is 0.866. The van der Waals surface area contributed by atoms with Gasteiger partial charge in [0.1, 0.15) is 5.75 Å². The van der Waals surface area contributed by atoms with Crippen molar-refractivity contribution in [3.8, 4) is 17.1 Å². The zero-order chi connectivity index (χ0) is 21.7. The highest BCUT2D eigenvalue weighted by atomic mass is 32.2. The molecule has 0 bridgehead atoms. The first kappa shape index (κ1) is 21.7. The zero-order valence-corrected chi connectivity index (χ0v) is 17.0. The Morgan fingerprint density at radius 3 is 2.63 bits per heavy atom. The van der Waals surface area contributed by atoms with Gasteiger partial charge in [0, 0.05) is 17.8 Å². The summed E-state index contributed by atoms with van der Waals surface area (Å²) in [6.07, 6.45) is -4.47. The van der Waals surface area contributed by atoms with Gasteiger partial charge in [0.05, 0.1) is 18.4 Å². The molecule has 30 heavy (non-hydrogen) atoms. The minimum atomic E-state index is -4.47. The number of amides is 1. The Kier molecular flexibility index (Phi) is 6.66. The average Bonchev–Trinajstić information content (AvgIpc) is 3.15. The molecule has 1 heterocycles. The first-order valence-corrected chi connectivity index (χ1v) is 9.98. The first-order valence-electron chi connectivity index (χ1n) is 8.99. The van der Waals surface area contributed by atoms with Gasteiger partial charge in [0.15, 0.2) is 11.0 Å². The highest BCUT2D eigenvalue weighted by molar-refractivity contribution is 7.99. The lowest BCUT2D eigenvalue weighted by Crippen LogP contribution is -2.15. The SMILES string of the molecule is CCn1c(SCC(=O)Nc2cccc(C(F)(F)F)c2)nnc1-c1cccc(OC)c1. The predicted octanol–water partition coefficient (Wildman–Crippen LogP) is 4.72. The summed E-state index contributed by atoms with van der Waals surface area (Å²) >= 11 is 1.16. The molecule has 0 radical (unpaired) electrons. The van der Waals surface area contributed by atoms with Crippen molar-refractivity contribution in [1.29, 1.82) is 0 Å². The van der Waals surface area contributed by atoms with E-state index in [1.54, 1.807) is 7.11 Å². The van der Waals surface area contributed by atoms with Crippen LogP contribution in [0.15, 0.2) is 53.7 Å². The molecule has 0 unspecified atom stereocenters. The Morgan fingerprint density at radius 2 is 1.93 bits per heavy atom. The van der Waals surface area contributed by atoms with Gasteiger partial charge in [-0.1, -0.05) is 30.0 Å². The molecule has 1 N–H and O–H groups in total. The van der Waals surface area contributed by atoms with Gasteiger partial charge in [0.2, 0.25) is 5.91 Å². The maximum Gasteiger partial charge on any atom is 0.416 e. The Bertz CT molecular complexity index is 1040. The quantitative estimate of drug-likeness (QED) is 0.543. The van der Waals surface area contributed by atoms with Crippen LogP contribution in [0.5, 0.6) is 5.75 Å². The van der Waals surface area contributed by atoms with Crippen molar-refractivity contribution in [3.05, 3.63) is 54.1 Å². The number of rotatable bonds is 7. The summed E-state index contributed by atoms with van der Waals surface area (Å²) in [4.78, 5) is 12.2. The van der Waals surface area contributed by atoms with Crippen LogP contribution in [0.4, 0.5) is 18.9 Å². The Hall–Kier alpha value is -3.01. The molecule has 0 aliphatic heterocycles. The van der Waals surface area contributed by atoms with Crippen LogP contribution in [0, 0.1) is 0 Å². The molecular formula is C20H19F3N4O2S. The number of nitrogens with zero attached hydrogens (tertiary/aromatic N) is 3. The van der Waals surface area contributed by atoms with E-state index in [-0.39, 0.29) is 11.4 Å². The lowest BCUT2D eigenvalue weighted by Gasteiger charge is -2.10. The molecular weight excluding hydrogens is 417 g/mol. The lowest BCUT2D eigenvalue weighted by molar-refractivity contribution is -0.137. The Morgan fingerprint density at radius 1 is 1.17 bits per heavy atom. The van der Waals surface area contributed by atoms with Crippen molar-refractivity contribution in [1.82, 2.24) is 14.8 Å². The molecule has 0 atom stereocenters. The second kappa shape index (κ2) is 9.21. The van der Waals surface area contributed by atoms with Gasteiger partial charge in [-0.05, 0) is 37.3 Å². The number of hydrogen-bond donors (Lipinski definition) is 1. The number of alkyl halides is 3. The fourth-order valence-electron chi connectivity index (χ4n) is 2.76. The summed E-state index contributed by atoms with van der Waals surface area (Å²) in [7, 11) is 1.58. The van der Waals surface area contributed by atoms with Crippen LogP contribution in [0.2, 0.25) is 0 Å². The van der Waals surface area contributed by atoms with Gasteiger partial charge in [0.25, 0.3) is 0 Å². The second-order valence-electron chi connectivity index (χ2n) is 6.20. The van der Waals surface area contributed by atoms with Crippen molar-refractivity contribution in [2.45, 2.75) is 24.8 Å². The minimum absolute atomic E-state index is 0.0213. The number of hydrogen-bond acceptors (Lipinski definition) is 5. The topological polar surface area (TPSA) is 69.0 Å². The smallest absolute Gasteiger partial charge is 0.416 e. The van der Waals surface area contributed by atoms with Crippen molar-refractivity contribution < 1.29 is 22.7 Å². The molecule has 158 valence electrons. The third-order valence-electron chi connectivity index (χ3n) is 4.17. The average molecular weight is 436 g/mol. The number of anilines is 1. The minimum Gasteiger partial charge on any atom is -0.497 e. The van der Waals surface area contributed by atoms with Crippen LogP contribution < -0.4 is 10.1 Å². The van der Waals surface area contributed by atoms with E-state index in [9.17, 15) is 18.0 Å². The number of nitrogens with one attached hydrogen (secondary N) is 1. The normalized spacial score (nSPS) is 11.4. The lowest BCUT2D eigenvalue weighted by atomic mass is 10.2. The molecule has 3 rings (SSSR count). The molecule has 0 spiro atoms. The number of aromatic nitrogens is 3. The number of carbonyl (C=O) groups is 1. The van der Waals surface area contributed by atoms with Crippen LogP contribution >= 0.6 is 11.8 Å². The van der Waals surface area contributed by atoms with E-state index in [2.05, 4.69) is 15.5 Å². The van der Waals surface area contributed by atoms with E-state index in [0.29, 0.717) is 23.3 Å². The van der Waals surface area contributed by atoms with Crippen molar-refractivity contribution in [3.63, 3.8) is 0 Å². The highest BCUT2D eigenvalue weighted by Gasteiger charge is 2.30. The molecule has 10 heteroatoms. The molecule has 3 aromatic rings. The molecule has 0 saturated carbocycles. The van der Waals surface area contributed by atoms with E-state index in [1.165, 1.54) is 12.1 Å². The summed E-state index contributed by atoms with van der Waals surface area (Å²) in [5, 5.41) is 11.4. The molecule has 1 amide bonds. The van der Waals surface area contributed by atoms with E-state index >= 15 is 0 Å². The van der Waals surface area contributed by atoms with Gasteiger partial charge in [-0.3, -0.25) is 4.79 Å². The van der Waals surface area contributed by atoms with Crippen molar-refractivity contribution in [2.75, 3.05) is 18.2 Å². The van der Waals surface area contributed by atoms with Crippen LogP contribution in [0.25, 0.3) is 11.4 Å². The summed E-state index contributed by atoms with van der Waals surface area (Å²) in [5.41, 5.74) is 0.0926.